The Balaban J connectivity index is 2.57. The average molecular weight is 341 g/mol. The first-order valence-electron chi connectivity index (χ1n) is 7.34. The first kappa shape index (κ1) is 19.6. The topological polar surface area (TPSA) is 92.3 Å². The van der Waals surface area contributed by atoms with E-state index in [1.54, 1.807) is 19.1 Å². The summed E-state index contributed by atoms with van der Waals surface area (Å²) in [7, 11) is 4.54. The molecule has 134 valence electrons. The monoisotopic (exact) mass is 341 g/mol. The van der Waals surface area contributed by atoms with Gasteiger partial charge in [0.15, 0.2) is 18.1 Å². The van der Waals surface area contributed by atoms with Gasteiger partial charge < -0.3 is 29.0 Å². The summed E-state index contributed by atoms with van der Waals surface area (Å²) in [6.07, 6.45) is 0. The number of nitrogens with one attached hydrogen (secondary N) is 1. The maximum atomic E-state index is 11.7. The summed E-state index contributed by atoms with van der Waals surface area (Å²) in [4.78, 5) is 23.0. The number of ether oxygens (including phenoxy) is 5. The highest BCUT2D eigenvalue weighted by Crippen LogP contribution is 2.38. The summed E-state index contributed by atoms with van der Waals surface area (Å²) in [6.45, 7) is 1.85. The minimum absolute atomic E-state index is 0.170. The van der Waals surface area contributed by atoms with Crippen LogP contribution in [0, 0.1) is 0 Å². The van der Waals surface area contributed by atoms with Crippen molar-refractivity contribution in [2.75, 3.05) is 41.2 Å². The van der Waals surface area contributed by atoms with E-state index >= 15 is 0 Å². The van der Waals surface area contributed by atoms with Crippen molar-refractivity contribution in [3.05, 3.63) is 17.7 Å². The molecule has 1 amide bonds. The standard InChI is InChI=1S/C16H23NO7/c1-5-23-10-15(19)24-9-14(18)17-8-11-6-12(20-2)16(22-4)13(7-11)21-3/h6-7H,5,8-10H2,1-4H3,(H,17,18). The molecule has 8 heteroatoms. The van der Waals surface area contributed by atoms with Crippen molar-refractivity contribution in [2.45, 2.75) is 13.5 Å². The van der Waals surface area contributed by atoms with Crippen LogP contribution in [0.25, 0.3) is 0 Å². The van der Waals surface area contributed by atoms with Crippen LogP contribution in [-0.4, -0.2) is 53.0 Å². The van der Waals surface area contributed by atoms with E-state index in [1.165, 1.54) is 21.3 Å². The van der Waals surface area contributed by atoms with E-state index in [9.17, 15) is 9.59 Å². The lowest BCUT2D eigenvalue weighted by Crippen LogP contribution is -2.29. The van der Waals surface area contributed by atoms with Gasteiger partial charge in [0, 0.05) is 13.2 Å². The minimum Gasteiger partial charge on any atom is -0.493 e. The lowest BCUT2D eigenvalue weighted by atomic mass is 10.1. The molecule has 1 aromatic carbocycles. The summed E-state index contributed by atoms with van der Waals surface area (Å²) < 4.78 is 25.4. The largest absolute Gasteiger partial charge is 0.493 e. The van der Waals surface area contributed by atoms with Gasteiger partial charge in [0.2, 0.25) is 5.75 Å². The third kappa shape index (κ3) is 5.96. The second-order valence-electron chi connectivity index (χ2n) is 4.61. The molecule has 1 aromatic rings. The number of methoxy groups -OCH3 is 3. The number of amides is 1. The lowest BCUT2D eigenvalue weighted by molar-refractivity contribution is -0.152. The summed E-state index contributed by atoms with van der Waals surface area (Å²) >= 11 is 0. The number of rotatable bonds is 10. The highest BCUT2D eigenvalue weighted by Gasteiger charge is 2.14. The number of carbonyl (C=O) groups excluding carboxylic acids is 2. The predicted octanol–water partition coefficient (Wildman–Crippen LogP) is 0.908. The normalized spacial score (nSPS) is 10.0. The van der Waals surface area contributed by atoms with Crippen LogP contribution < -0.4 is 19.5 Å². The van der Waals surface area contributed by atoms with Crippen LogP contribution in [0.4, 0.5) is 0 Å². The SMILES string of the molecule is CCOCC(=O)OCC(=O)NCc1cc(OC)c(OC)c(OC)c1. The number of hydrogen-bond donors (Lipinski definition) is 1. The first-order chi connectivity index (χ1) is 11.5. The Kier molecular flexibility index (Phi) is 8.42. The number of carbonyl (C=O) groups is 2. The third-order valence-electron chi connectivity index (χ3n) is 3.00. The Morgan fingerprint density at radius 3 is 2.12 bits per heavy atom. The molecule has 1 N–H and O–H groups in total. The molecule has 0 spiro atoms. The van der Waals surface area contributed by atoms with Gasteiger partial charge >= 0.3 is 5.97 Å². The Labute approximate surface area is 141 Å². The molecule has 1 rings (SSSR count). The van der Waals surface area contributed by atoms with E-state index in [4.69, 9.17) is 23.7 Å². The van der Waals surface area contributed by atoms with Gasteiger partial charge in [0.25, 0.3) is 5.91 Å². The Morgan fingerprint density at radius 1 is 1.00 bits per heavy atom. The van der Waals surface area contributed by atoms with Crippen molar-refractivity contribution in [1.82, 2.24) is 5.32 Å². The molecule has 24 heavy (non-hydrogen) atoms. The van der Waals surface area contributed by atoms with Crippen molar-refractivity contribution in [1.29, 1.82) is 0 Å². The van der Waals surface area contributed by atoms with Gasteiger partial charge in [-0.1, -0.05) is 0 Å². The summed E-state index contributed by atoms with van der Waals surface area (Å²) in [5, 5.41) is 2.64. The van der Waals surface area contributed by atoms with Gasteiger partial charge in [-0.3, -0.25) is 4.79 Å². The third-order valence-corrected chi connectivity index (χ3v) is 3.00. The first-order valence-corrected chi connectivity index (χ1v) is 7.34. The van der Waals surface area contributed by atoms with Gasteiger partial charge in [-0.05, 0) is 24.6 Å². The van der Waals surface area contributed by atoms with Crippen molar-refractivity contribution >= 4 is 11.9 Å². The molecule has 0 saturated carbocycles. The highest BCUT2D eigenvalue weighted by atomic mass is 16.6. The van der Waals surface area contributed by atoms with Gasteiger partial charge in [-0.25, -0.2) is 4.79 Å². The molecule has 0 aromatic heterocycles. The predicted molar refractivity (Wildman–Crippen MR) is 85.4 cm³/mol. The summed E-state index contributed by atoms with van der Waals surface area (Å²) in [5.74, 6) is 0.446. The fourth-order valence-corrected chi connectivity index (χ4v) is 1.86. The Hall–Kier alpha value is -2.48. The summed E-state index contributed by atoms with van der Waals surface area (Å²) in [5.41, 5.74) is 0.749. The maximum Gasteiger partial charge on any atom is 0.332 e. The Morgan fingerprint density at radius 2 is 1.62 bits per heavy atom. The van der Waals surface area contributed by atoms with Crippen LogP contribution in [-0.2, 0) is 25.6 Å². The zero-order valence-electron chi connectivity index (χ0n) is 14.3. The van der Waals surface area contributed by atoms with Crippen LogP contribution in [0.2, 0.25) is 0 Å². The van der Waals surface area contributed by atoms with E-state index in [1.807, 2.05) is 0 Å². The molecule has 0 aliphatic carbocycles. The van der Waals surface area contributed by atoms with Crippen LogP contribution in [0.15, 0.2) is 12.1 Å². The van der Waals surface area contributed by atoms with Crippen molar-refractivity contribution < 1.29 is 33.3 Å². The minimum atomic E-state index is -0.584. The molecule has 0 heterocycles. The van der Waals surface area contributed by atoms with E-state index in [2.05, 4.69) is 5.32 Å². The van der Waals surface area contributed by atoms with E-state index < -0.39 is 11.9 Å². The molecule has 0 saturated heterocycles. The second kappa shape index (κ2) is 10.3. The zero-order valence-corrected chi connectivity index (χ0v) is 14.3. The van der Waals surface area contributed by atoms with Gasteiger partial charge in [0.1, 0.15) is 6.61 Å². The van der Waals surface area contributed by atoms with E-state index in [0.717, 1.165) is 5.56 Å². The number of benzene rings is 1. The van der Waals surface area contributed by atoms with Crippen molar-refractivity contribution in [3.8, 4) is 17.2 Å². The van der Waals surface area contributed by atoms with Crippen LogP contribution >= 0.6 is 0 Å². The second-order valence-corrected chi connectivity index (χ2v) is 4.61. The van der Waals surface area contributed by atoms with E-state index in [-0.39, 0.29) is 19.8 Å². The van der Waals surface area contributed by atoms with Gasteiger partial charge in [0.05, 0.1) is 21.3 Å². The maximum absolute atomic E-state index is 11.7. The molecule has 0 unspecified atom stereocenters. The van der Waals surface area contributed by atoms with Gasteiger partial charge in [-0.15, -0.1) is 0 Å². The molecule has 0 atom stereocenters. The smallest absolute Gasteiger partial charge is 0.332 e. The zero-order chi connectivity index (χ0) is 17.9. The summed E-state index contributed by atoms with van der Waals surface area (Å²) in [6, 6.07) is 3.45. The van der Waals surface area contributed by atoms with Crippen LogP contribution in [0.3, 0.4) is 0 Å². The van der Waals surface area contributed by atoms with Crippen LogP contribution in [0.1, 0.15) is 12.5 Å². The fraction of sp³-hybridized carbons (Fsp3) is 0.500. The molecule has 0 aliphatic rings. The van der Waals surface area contributed by atoms with Crippen molar-refractivity contribution in [3.63, 3.8) is 0 Å². The Bertz CT molecular complexity index is 534. The molecule has 0 aliphatic heterocycles. The van der Waals surface area contributed by atoms with Crippen molar-refractivity contribution in [2.24, 2.45) is 0 Å². The molecule has 8 nitrogen and oxygen atoms in total. The molecular weight excluding hydrogens is 318 g/mol. The van der Waals surface area contributed by atoms with Gasteiger partial charge in [-0.2, -0.15) is 0 Å². The molecular formula is C16H23NO7. The van der Waals surface area contributed by atoms with E-state index in [0.29, 0.717) is 23.9 Å². The fourth-order valence-electron chi connectivity index (χ4n) is 1.86. The molecule has 0 fully saturated rings. The molecule has 0 radical (unpaired) electrons. The molecule has 0 bridgehead atoms. The number of esters is 1. The highest BCUT2D eigenvalue weighted by molar-refractivity contribution is 5.80. The lowest BCUT2D eigenvalue weighted by Gasteiger charge is -2.14. The number of hydrogen-bond acceptors (Lipinski definition) is 7. The quantitative estimate of drug-likeness (QED) is 0.632. The van der Waals surface area contributed by atoms with Crippen LogP contribution in [0.5, 0.6) is 17.2 Å². The average Bonchev–Trinajstić information content (AvgIpc) is 2.61.